The average molecular weight is 270 g/mol. The van der Waals surface area contributed by atoms with E-state index in [2.05, 4.69) is 22.6 Å². The standard InChI is InChI=1S/C14H30N4O/c1-2-11-18(13-7-9-16-10-8-13)12-5-3-4-6-14(19)17-15/h13,16H,2-12,15H2,1H3,(H,17,19). The van der Waals surface area contributed by atoms with Crippen LogP contribution in [0.25, 0.3) is 0 Å². The van der Waals surface area contributed by atoms with Crippen molar-refractivity contribution in [1.82, 2.24) is 15.6 Å². The molecule has 112 valence electrons. The number of hydrogen-bond donors (Lipinski definition) is 3. The molecule has 1 saturated heterocycles. The average Bonchev–Trinajstić information content (AvgIpc) is 2.46. The molecule has 0 aliphatic carbocycles. The number of unbranched alkanes of at least 4 members (excludes halogenated alkanes) is 2. The van der Waals surface area contributed by atoms with Gasteiger partial charge in [0.25, 0.3) is 0 Å². The van der Waals surface area contributed by atoms with E-state index >= 15 is 0 Å². The Kier molecular flexibility index (Phi) is 8.79. The van der Waals surface area contributed by atoms with Gasteiger partial charge in [0.1, 0.15) is 0 Å². The molecule has 4 N–H and O–H groups in total. The third-order valence-electron chi connectivity index (χ3n) is 3.85. The fourth-order valence-corrected chi connectivity index (χ4v) is 2.79. The predicted molar refractivity (Wildman–Crippen MR) is 78.6 cm³/mol. The molecule has 0 bridgehead atoms. The zero-order valence-corrected chi connectivity index (χ0v) is 12.3. The summed E-state index contributed by atoms with van der Waals surface area (Å²) < 4.78 is 0. The fourth-order valence-electron chi connectivity index (χ4n) is 2.79. The van der Waals surface area contributed by atoms with Crippen LogP contribution in [0.15, 0.2) is 0 Å². The lowest BCUT2D eigenvalue weighted by atomic mass is 10.0. The molecule has 1 fully saturated rings. The predicted octanol–water partition coefficient (Wildman–Crippen LogP) is 1.00. The first-order valence-electron chi connectivity index (χ1n) is 7.72. The molecule has 5 heteroatoms. The Balaban J connectivity index is 2.16. The first-order valence-corrected chi connectivity index (χ1v) is 7.72. The molecule has 0 aromatic carbocycles. The van der Waals surface area contributed by atoms with E-state index in [1.165, 1.54) is 38.8 Å². The van der Waals surface area contributed by atoms with Crippen LogP contribution < -0.4 is 16.6 Å². The van der Waals surface area contributed by atoms with E-state index in [1.807, 2.05) is 0 Å². The Bertz CT molecular complexity index is 242. The summed E-state index contributed by atoms with van der Waals surface area (Å²) in [6, 6.07) is 0.758. The highest BCUT2D eigenvalue weighted by Crippen LogP contribution is 2.14. The molecule has 0 aromatic heterocycles. The van der Waals surface area contributed by atoms with Crippen molar-refractivity contribution in [3.05, 3.63) is 0 Å². The second kappa shape index (κ2) is 10.2. The number of carbonyl (C=O) groups is 1. The van der Waals surface area contributed by atoms with Crippen molar-refractivity contribution in [2.45, 2.75) is 57.9 Å². The van der Waals surface area contributed by atoms with Crippen LogP contribution in [0.1, 0.15) is 51.9 Å². The highest BCUT2D eigenvalue weighted by Gasteiger charge is 2.19. The number of nitrogens with zero attached hydrogens (tertiary/aromatic N) is 1. The third kappa shape index (κ3) is 6.89. The highest BCUT2D eigenvalue weighted by atomic mass is 16.2. The van der Waals surface area contributed by atoms with Gasteiger partial charge in [-0.3, -0.25) is 10.2 Å². The quantitative estimate of drug-likeness (QED) is 0.253. The molecular formula is C14H30N4O. The summed E-state index contributed by atoms with van der Waals surface area (Å²) in [4.78, 5) is 13.6. The monoisotopic (exact) mass is 270 g/mol. The molecule has 1 heterocycles. The van der Waals surface area contributed by atoms with Gasteiger partial charge in [-0.1, -0.05) is 13.3 Å². The molecule has 1 aliphatic rings. The van der Waals surface area contributed by atoms with Gasteiger partial charge in [-0.2, -0.15) is 0 Å². The number of rotatable bonds is 9. The van der Waals surface area contributed by atoms with Gasteiger partial charge in [0, 0.05) is 12.5 Å². The first kappa shape index (κ1) is 16.4. The van der Waals surface area contributed by atoms with Gasteiger partial charge in [-0.15, -0.1) is 0 Å². The highest BCUT2D eigenvalue weighted by molar-refractivity contribution is 5.74. The SMILES string of the molecule is CCCN(CCCCCC(=O)NN)C1CCNCC1. The molecule has 1 aliphatic heterocycles. The van der Waals surface area contributed by atoms with Crippen LogP contribution in [0, 0.1) is 0 Å². The van der Waals surface area contributed by atoms with Crippen LogP contribution >= 0.6 is 0 Å². The zero-order chi connectivity index (χ0) is 13.9. The van der Waals surface area contributed by atoms with Crippen molar-refractivity contribution in [2.75, 3.05) is 26.2 Å². The van der Waals surface area contributed by atoms with Gasteiger partial charge < -0.3 is 10.2 Å². The second-order valence-electron chi connectivity index (χ2n) is 5.40. The summed E-state index contributed by atoms with van der Waals surface area (Å²) >= 11 is 0. The number of amides is 1. The molecule has 1 amide bonds. The van der Waals surface area contributed by atoms with Crippen LogP contribution in [0.2, 0.25) is 0 Å². The molecule has 0 aromatic rings. The summed E-state index contributed by atoms with van der Waals surface area (Å²) in [5, 5.41) is 3.42. The maximum atomic E-state index is 11.0. The lowest BCUT2D eigenvalue weighted by Gasteiger charge is -2.34. The fraction of sp³-hybridized carbons (Fsp3) is 0.929. The number of hydrazine groups is 1. The summed E-state index contributed by atoms with van der Waals surface area (Å²) in [7, 11) is 0. The maximum Gasteiger partial charge on any atom is 0.233 e. The van der Waals surface area contributed by atoms with Crippen molar-refractivity contribution in [1.29, 1.82) is 0 Å². The molecular weight excluding hydrogens is 240 g/mol. The maximum absolute atomic E-state index is 11.0. The smallest absolute Gasteiger partial charge is 0.233 e. The Labute approximate surface area is 117 Å². The zero-order valence-electron chi connectivity index (χ0n) is 12.3. The summed E-state index contributed by atoms with van der Waals surface area (Å²) in [5.41, 5.74) is 2.18. The van der Waals surface area contributed by atoms with E-state index in [0.717, 1.165) is 32.0 Å². The summed E-state index contributed by atoms with van der Waals surface area (Å²) in [6.45, 7) is 6.93. The van der Waals surface area contributed by atoms with Gasteiger partial charge in [0.2, 0.25) is 5.91 Å². The molecule has 0 radical (unpaired) electrons. The Morgan fingerprint density at radius 2 is 2.00 bits per heavy atom. The van der Waals surface area contributed by atoms with Gasteiger partial charge >= 0.3 is 0 Å². The van der Waals surface area contributed by atoms with Gasteiger partial charge in [-0.05, 0) is 58.3 Å². The minimum Gasteiger partial charge on any atom is -0.317 e. The van der Waals surface area contributed by atoms with Crippen LogP contribution in [0.3, 0.4) is 0 Å². The minimum absolute atomic E-state index is 0.0521. The van der Waals surface area contributed by atoms with Gasteiger partial charge in [-0.25, -0.2) is 5.84 Å². The number of carbonyl (C=O) groups excluding carboxylic acids is 1. The van der Waals surface area contributed by atoms with E-state index in [0.29, 0.717) is 6.42 Å². The number of nitrogens with one attached hydrogen (secondary N) is 2. The number of hydrogen-bond acceptors (Lipinski definition) is 4. The topological polar surface area (TPSA) is 70.4 Å². The lowest BCUT2D eigenvalue weighted by Crippen LogP contribution is -2.43. The van der Waals surface area contributed by atoms with Crippen molar-refractivity contribution in [3.8, 4) is 0 Å². The molecule has 5 nitrogen and oxygen atoms in total. The summed E-state index contributed by atoms with van der Waals surface area (Å²) in [5.74, 6) is 5.01. The van der Waals surface area contributed by atoms with E-state index in [1.54, 1.807) is 0 Å². The van der Waals surface area contributed by atoms with Crippen molar-refractivity contribution < 1.29 is 4.79 Å². The van der Waals surface area contributed by atoms with E-state index in [-0.39, 0.29) is 5.91 Å². The van der Waals surface area contributed by atoms with E-state index < -0.39 is 0 Å². The Morgan fingerprint density at radius 1 is 1.26 bits per heavy atom. The van der Waals surface area contributed by atoms with Crippen LogP contribution in [0.4, 0.5) is 0 Å². The molecule has 0 spiro atoms. The molecule has 0 atom stereocenters. The minimum atomic E-state index is -0.0521. The first-order chi connectivity index (χ1) is 9.27. The van der Waals surface area contributed by atoms with Gasteiger partial charge in [0.15, 0.2) is 0 Å². The van der Waals surface area contributed by atoms with Crippen molar-refractivity contribution >= 4 is 5.91 Å². The number of piperidine rings is 1. The van der Waals surface area contributed by atoms with Crippen LogP contribution in [0.5, 0.6) is 0 Å². The molecule has 19 heavy (non-hydrogen) atoms. The number of nitrogens with two attached hydrogens (primary N) is 1. The van der Waals surface area contributed by atoms with Crippen LogP contribution in [-0.2, 0) is 4.79 Å². The lowest BCUT2D eigenvalue weighted by molar-refractivity contribution is -0.121. The third-order valence-corrected chi connectivity index (χ3v) is 3.85. The normalized spacial score (nSPS) is 16.8. The van der Waals surface area contributed by atoms with E-state index in [4.69, 9.17) is 5.84 Å². The molecule has 0 saturated carbocycles. The Hall–Kier alpha value is -0.650. The second-order valence-corrected chi connectivity index (χ2v) is 5.40. The van der Waals surface area contributed by atoms with Crippen molar-refractivity contribution in [3.63, 3.8) is 0 Å². The van der Waals surface area contributed by atoms with Gasteiger partial charge in [0.05, 0.1) is 0 Å². The van der Waals surface area contributed by atoms with Crippen molar-refractivity contribution in [2.24, 2.45) is 5.84 Å². The molecule has 1 rings (SSSR count). The van der Waals surface area contributed by atoms with E-state index in [9.17, 15) is 4.79 Å². The summed E-state index contributed by atoms with van der Waals surface area (Å²) in [6.07, 6.45) is 7.55. The Morgan fingerprint density at radius 3 is 2.63 bits per heavy atom. The van der Waals surface area contributed by atoms with Crippen LogP contribution in [-0.4, -0.2) is 43.0 Å². The molecule has 0 unspecified atom stereocenters. The largest absolute Gasteiger partial charge is 0.317 e.